The Morgan fingerprint density at radius 3 is 2.72 bits per heavy atom. The van der Waals surface area contributed by atoms with Crippen LogP contribution in [0.2, 0.25) is 0 Å². The second-order valence-electron chi connectivity index (χ2n) is 7.19. The standard InChI is InChI=1S/C24H24N4O4/c1-30-20-10-11-21-17(14-20)6-5-13-28(21)23(29)16-31-27-24(25)18-9-12-22(26-15-18)32-19-7-3-2-4-8-19/h2-4,7-12,14-15H,5-6,13,16H2,1H3,(H2,25,27). The zero-order valence-corrected chi connectivity index (χ0v) is 17.7. The molecule has 1 aliphatic rings. The summed E-state index contributed by atoms with van der Waals surface area (Å²) in [6.45, 7) is 0.419. The number of carbonyl (C=O) groups excluding carboxylic acids is 1. The van der Waals surface area contributed by atoms with Crippen LogP contribution < -0.4 is 20.1 Å². The van der Waals surface area contributed by atoms with E-state index in [4.69, 9.17) is 20.0 Å². The minimum Gasteiger partial charge on any atom is -0.497 e. The maximum atomic E-state index is 12.7. The van der Waals surface area contributed by atoms with Gasteiger partial charge in [0.1, 0.15) is 11.5 Å². The topological polar surface area (TPSA) is 99.3 Å². The number of hydrogen-bond acceptors (Lipinski definition) is 6. The maximum absolute atomic E-state index is 12.7. The van der Waals surface area contributed by atoms with Crippen molar-refractivity contribution in [1.29, 1.82) is 0 Å². The van der Waals surface area contributed by atoms with Gasteiger partial charge in [-0.25, -0.2) is 4.98 Å². The fraction of sp³-hybridized carbons (Fsp3) is 0.208. The first-order valence-electron chi connectivity index (χ1n) is 10.3. The summed E-state index contributed by atoms with van der Waals surface area (Å²) in [6, 6.07) is 18.5. The summed E-state index contributed by atoms with van der Waals surface area (Å²) in [5, 5.41) is 3.87. The first-order chi connectivity index (χ1) is 15.6. The number of aryl methyl sites for hydroxylation is 1. The SMILES string of the molecule is COc1ccc2c(c1)CCCN2C(=O)CO/N=C(/N)c1ccc(Oc2ccccc2)nc1. The summed E-state index contributed by atoms with van der Waals surface area (Å²) >= 11 is 0. The number of benzene rings is 2. The quantitative estimate of drug-likeness (QED) is 0.349. The van der Waals surface area contributed by atoms with Crippen LogP contribution in [0.3, 0.4) is 0 Å². The van der Waals surface area contributed by atoms with Crippen LogP contribution in [-0.4, -0.2) is 37.0 Å². The highest BCUT2D eigenvalue weighted by Crippen LogP contribution is 2.30. The number of pyridine rings is 1. The van der Waals surface area contributed by atoms with E-state index in [0.717, 1.165) is 29.8 Å². The van der Waals surface area contributed by atoms with Crippen LogP contribution in [0.5, 0.6) is 17.4 Å². The van der Waals surface area contributed by atoms with Crippen molar-refractivity contribution in [1.82, 2.24) is 4.98 Å². The van der Waals surface area contributed by atoms with E-state index in [0.29, 0.717) is 23.7 Å². The number of fused-ring (bicyclic) bond motifs is 1. The number of carbonyl (C=O) groups is 1. The Morgan fingerprint density at radius 1 is 1.12 bits per heavy atom. The summed E-state index contributed by atoms with van der Waals surface area (Å²) in [7, 11) is 1.63. The predicted octanol–water partition coefficient (Wildman–Crippen LogP) is 3.50. The minimum atomic E-state index is -0.213. The molecule has 4 rings (SSSR count). The molecule has 164 valence electrons. The number of para-hydroxylation sites is 1. The molecule has 0 atom stereocenters. The van der Waals surface area contributed by atoms with E-state index in [1.165, 1.54) is 6.20 Å². The van der Waals surface area contributed by atoms with Crippen LogP contribution in [0.4, 0.5) is 5.69 Å². The van der Waals surface area contributed by atoms with Crippen molar-refractivity contribution < 1.29 is 19.1 Å². The number of nitrogens with zero attached hydrogens (tertiary/aromatic N) is 3. The molecule has 2 N–H and O–H groups in total. The van der Waals surface area contributed by atoms with Gasteiger partial charge in [0, 0.05) is 30.1 Å². The van der Waals surface area contributed by atoms with Gasteiger partial charge in [-0.15, -0.1) is 0 Å². The van der Waals surface area contributed by atoms with E-state index in [1.807, 2.05) is 48.5 Å². The van der Waals surface area contributed by atoms with E-state index < -0.39 is 0 Å². The molecular formula is C24H24N4O4. The number of ether oxygens (including phenoxy) is 2. The van der Waals surface area contributed by atoms with Crippen LogP contribution in [0.1, 0.15) is 17.5 Å². The van der Waals surface area contributed by atoms with E-state index in [2.05, 4.69) is 10.1 Å². The van der Waals surface area contributed by atoms with Crippen molar-refractivity contribution in [2.75, 3.05) is 25.2 Å². The molecule has 0 unspecified atom stereocenters. The van der Waals surface area contributed by atoms with Crippen molar-refractivity contribution >= 4 is 17.4 Å². The normalized spacial score (nSPS) is 13.3. The lowest BCUT2D eigenvalue weighted by Gasteiger charge is -2.29. The summed E-state index contributed by atoms with van der Waals surface area (Å²) < 4.78 is 10.9. The van der Waals surface area contributed by atoms with E-state index in [-0.39, 0.29) is 18.3 Å². The molecule has 8 heteroatoms. The predicted molar refractivity (Wildman–Crippen MR) is 121 cm³/mol. The van der Waals surface area contributed by atoms with Crippen LogP contribution in [-0.2, 0) is 16.1 Å². The molecule has 2 aromatic carbocycles. The molecule has 0 fully saturated rings. The average molecular weight is 432 g/mol. The third kappa shape index (κ3) is 4.97. The Balaban J connectivity index is 1.34. The largest absolute Gasteiger partial charge is 0.497 e. The highest BCUT2D eigenvalue weighted by Gasteiger charge is 2.23. The fourth-order valence-corrected chi connectivity index (χ4v) is 3.45. The molecule has 32 heavy (non-hydrogen) atoms. The van der Waals surface area contributed by atoms with Crippen LogP contribution in [0, 0.1) is 0 Å². The van der Waals surface area contributed by atoms with Crippen molar-refractivity contribution in [3.05, 3.63) is 78.0 Å². The molecule has 0 spiro atoms. The summed E-state index contributed by atoms with van der Waals surface area (Å²) in [6.07, 6.45) is 3.32. The van der Waals surface area contributed by atoms with Gasteiger partial charge in [0.15, 0.2) is 12.4 Å². The molecule has 0 saturated carbocycles. The number of anilines is 1. The zero-order valence-electron chi connectivity index (χ0n) is 17.7. The fourth-order valence-electron chi connectivity index (χ4n) is 3.45. The molecule has 1 aliphatic heterocycles. The number of oxime groups is 1. The van der Waals surface area contributed by atoms with Gasteiger partial charge in [0.25, 0.3) is 5.91 Å². The van der Waals surface area contributed by atoms with Crippen LogP contribution in [0.15, 0.2) is 72.0 Å². The summed E-state index contributed by atoms with van der Waals surface area (Å²) in [4.78, 5) is 23.9. The number of amides is 1. The number of aromatic nitrogens is 1. The number of hydrogen-bond donors (Lipinski definition) is 1. The lowest BCUT2D eigenvalue weighted by atomic mass is 10.0. The molecule has 1 amide bonds. The first-order valence-corrected chi connectivity index (χ1v) is 10.3. The third-order valence-electron chi connectivity index (χ3n) is 5.06. The average Bonchev–Trinajstić information content (AvgIpc) is 2.84. The number of amidine groups is 1. The molecule has 8 nitrogen and oxygen atoms in total. The zero-order chi connectivity index (χ0) is 22.3. The molecule has 1 aromatic heterocycles. The Hall–Kier alpha value is -4.07. The van der Waals surface area contributed by atoms with Gasteiger partial charge in [-0.2, -0.15) is 0 Å². The highest BCUT2D eigenvalue weighted by molar-refractivity contribution is 5.97. The van der Waals surface area contributed by atoms with Gasteiger partial charge in [0.2, 0.25) is 5.88 Å². The van der Waals surface area contributed by atoms with Gasteiger partial charge in [-0.3, -0.25) is 4.79 Å². The van der Waals surface area contributed by atoms with Gasteiger partial charge in [-0.1, -0.05) is 23.4 Å². The Kier molecular flexibility index (Phi) is 6.50. The Labute approximate surface area is 186 Å². The van der Waals surface area contributed by atoms with E-state index in [9.17, 15) is 4.79 Å². The highest BCUT2D eigenvalue weighted by atomic mass is 16.6. The van der Waals surface area contributed by atoms with E-state index >= 15 is 0 Å². The maximum Gasteiger partial charge on any atom is 0.267 e. The Morgan fingerprint density at radius 2 is 1.97 bits per heavy atom. The first kappa shape index (κ1) is 21.2. The molecule has 0 saturated heterocycles. The number of methoxy groups -OCH3 is 1. The molecule has 0 aliphatic carbocycles. The van der Waals surface area contributed by atoms with Crippen molar-refractivity contribution in [3.63, 3.8) is 0 Å². The lowest BCUT2D eigenvalue weighted by Crippen LogP contribution is -2.37. The van der Waals surface area contributed by atoms with Gasteiger partial charge >= 0.3 is 0 Å². The number of nitrogens with two attached hydrogens (primary N) is 1. The second kappa shape index (κ2) is 9.82. The van der Waals surface area contributed by atoms with Gasteiger partial charge in [0.05, 0.1) is 7.11 Å². The van der Waals surface area contributed by atoms with Crippen molar-refractivity contribution in [2.24, 2.45) is 10.9 Å². The second-order valence-corrected chi connectivity index (χ2v) is 7.19. The third-order valence-corrected chi connectivity index (χ3v) is 5.06. The minimum absolute atomic E-state index is 0.125. The van der Waals surface area contributed by atoms with Crippen molar-refractivity contribution in [3.8, 4) is 17.4 Å². The van der Waals surface area contributed by atoms with Gasteiger partial charge < -0.3 is 24.9 Å². The molecule has 0 radical (unpaired) electrons. The molecular weight excluding hydrogens is 408 g/mol. The molecule has 3 aromatic rings. The monoisotopic (exact) mass is 432 g/mol. The molecule has 0 bridgehead atoms. The van der Waals surface area contributed by atoms with Gasteiger partial charge in [-0.05, 0) is 54.8 Å². The van der Waals surface area contributed by atoms with Crippen LogP contribution >= 0.6 is 0 Å². The van der Waals surface area contributed by atoms with Crippen molar-refractivity contribution in [2.45, 2.75) is 12.8 Å². The molecule has 2 heterocycles. The number of rotatable bonds is 7. The Bertz CT molecular complexity index is 1100. The lowest BCUT2D eigenvalue weighted by molar-refractivity contribution is -0.123. The van der Waals surface area contributed by atoms with Crippen LogP contribution in [0.25, 0.3) is 0 Å². The summed E-state index contributed by atoms with van der Waals surface area (Å²) in [5.41, 5.74) is 8.49. The summed E-state index contributed by atoms with van der Waals surface area (Å²) in [5.74, 6) is 1.84. The van der Waals surface area contributed by atoms with E-state index in [1.54, 1.807) is 24.1 Å². The smallest absolute Gasteiger partial charge is 0.267 e.